The van der Waals surface area contributed by atoms with Gasteiger partial charge in [-0.15, -0.1) is 22.7 Å². The van der Waals surface area contributed by atoms with Gasteiger partial charge in [-0.3, -0.25) is 0 Å². The Bertz CT molecular complexity index is 1310. The Hall–Kier alpha value is -2.79. The van der Waals surface area contributed by atoms with E-state index < -0.39 is 16.2 Å². The zero-order valence-electron chi connectivity index (χ0n) is 16.9. The number of hydrogen-bond acceptors (Lipinski definition) is 6. The zero-order chi connectivity index (χ0) is 22.9. The summed E-state index contributed by atoms with van der Waals surface area (Å²) in [6, 6.07) is 21.5. The van der Waals surface area contributed by atoms with Gasteiger partial charge in [0.25, 0.3) is 0 Å². The third-order valence-electron chi connectivity index (χ3n) is 5.21. The van der Waals surface area contributed by atoms with Crippen LogP contribution >= 0.6 is 22.7 Å². The van der Waals surface area contributed by atoms with E-state index in [1.807, 2.05) is 48.5 Å². The van der Waals surface area contributed by atoms with Crippen molar-refractivity contribution in [3.8, 4) is 9.88 Å². The van der Waals surface area contributed by atoms with Crippen molar-refractivity contribution in [1.82, 2.24) is 9.71 Å². The molecule has 0 aliphatic heterocycles. The van der Waals surface area contributed by atoms with Crippen LogP contribution in [0, 0.1) is 5.92 Å². The first-order chi connectivity index (χ1) is 15.3. The molecule has 2 heterocycles. The number of fused-ring (bicyclic) bond motifs is 1. The number of aromatic nitrogens is 1. The normalized spacial score (nSPS) is 19.8. The van der Waals surface area contributed by atoms with Gasteiger partial charge in [0.15, 0.2) is 0 Å². The van der Waals surface area contributed by atoms with Crippen LogP contribution < -0.4 is 4.72 Å². The number of rotatable bonds is 5. The molecular formula is C22H20N2O5S3. The number of thiophene rings is 1. The first kappa shape index (κ1) is 22.4. The Kier molecular flexibility index (Phi) is 6.29. The van der Waals surface area contributed by atoms with Crippen LogP contribution in [0.1, 0.15) is 18.4 Å². The van der Waals surface area contributed by atoms with Gasteiger partial charge < -0.3 is 10.2 Å². The third kappa shape index (κ3) is 4.83. The van der Waals surface area contributed by atoms with E-state index in [2.05, 4.69) is 28.8 Å². The highest BCUT2D eigenvalue weighted by molar-refractivity contribution is 7.91. The van der Waals surface area contributed by atoms with Gasteiger partial charge in [-0.2, -0.15) is 0 Å². The van der Waals surface area contributed by atoms with Gasteiger partial charge in [-0.05, 0) is 35.7 Å². The highest BCUT2D eigenvalue weighted by Gasteiger charge is 2.49. The minimum Gasteiger partial charge on any atom is -0.450 e. The molecule has 0 amide bonds. The van der Waals surface area contributed by atoms with Crippen LogP contribution in [-0.2, 0) is 10.0 Å². The van der Waals surface area contributed by atoms with Gasteiger partial charge in [0.1, 0.15) is 9.22 Å². The molecule has 1 aliphatic carbocycles. The van der Waals surface area contributed by atoms with Crippen LogP contribution in [-0.4, -0.2) is 35.8 Å². The quantitative estimate of drug-likeness (QED) is 0.350. The number of nitrogens with zero attached hydrogens (tertiary/aromatic N) is 1. The van der Waals surface area contributed by atoms with Gasteiger partial charge in [0.2, 0.25) is 10.0 Å². The van der Waals surface area contributed by atoms with E-state index in [1.54, 1.807) is 17.4 Å². The molecule has 0 spiro atoms. The number of carboxylic acid groups (broad SMARTS) is 2. The second kappa shape index (κ2) is 8.99. The van der Waals surface area contributed by atoms with Crippen molar-refractivity contribution in [3.05, 3.63) is 72.3 Å². The topological polar surface area (TPSA) is 117 Å². The molecular weight excluding hydrogens is 468 g/mol. The van der Waals surface area contributed by atoms with E-state index >= 15 is 0 Å². The maximum atomic E-state index is 12.9. The minimum absolute atomic E-state index is 0.0552. The highest BCUT2D eigenvalue weighted by atomic mass is 32.2. The Morgan fingerprint density at radius 3 is 2.31 bits per heavy atom. The van der Waals surface area contributed by atoms with Crippen molar-refractivity contribution in [1.29, 1.82) is 0 Å². The molecule has 0 bridgehead atoms. The number of thiazole rings is 1. The van der Waals surface area contributed by atoms with Gasteiger partial charge in [-0.1, -0.05) is 49.4 Å². The summed E-state index contributed by atoms with van der Waals surface area (Å²) in [5, 5.41) is 14.8. The van der Waals surface area contributed by atoms with Gasteiger partial charge in [0, 0.05) is 12.0 Å². The molecule has 2 aromatic heterocycles. The van der Waals surface area contributed by atoms with Crippen molar-refractivity contribution < 1.29 is 23.4 Å². The number of hydrogen-bond donors (Lipinski definition) is 3. The van der Waals surface area contributed by atoms with E-state index in [0.29, 0.717) is 10.1 Å². The van der Waals surface area contributed by atoms with Crippen molar-refractivity contribution in [2.24, 2.45) is 5.92 Å². The lowest BCUT2D eigenvalue weighted by Gasteiger charge is -2.04. The highest BCUT2D eigenvalue weighted by Crippen LogP contribution is 2.48. The van der Waals surface area contributed by atoms with Crippen LogP contribution in [0.5, 0.6) is 0 Å². The lowest BCUT2D eigenvalue weighted by atomic mass is 10.1. The molecule has 2 aromatic carbocycles. The molecule has 3 atom stereocenters. The molecule has 0 unspecified atom stereocenters. The smallest absolute Gasteiger partial charge is 0.450 e. The summed E-state index contributed by atoms with van der Waals surface area (Å²) < 4.78 is 30.2. The first-order valence-electron chi connectivity index (χ1n) is 9.71. The lowest BCUT2D eigenvalue weighted by Crippen LogP contribution is -2.27. The van der Waals surface area contributed by atoms with Crippen molar-refractivity contribution in [2.75, 3.05) is 0 Å². The second-order valence-electron chi connectivity index (χ2n) is 7.33. The molecule has 10 heteroatoms. The molecule has 32 heavy (non-hydrogen) atoms. The monoisotopic (exact) mass is 488 g/mol. The molecule has 166 valence electrons. The van der Waals surface area contributed by atoms with E-state index in [-0.39, 0.29) is 12.0 Å². The fourth-order valence-electron chi connectivity index (χ4n) is 3.62. The standard InChI is InChI=1S/C21H18N2O2S3.CH2O3/c1-13-19(14-7-3-2-4-8-14)20(13)23-28(24,25)18-12-11-17(26-18)21-22-15-9-5-6-10-16(15)27-21;2-1(3)4/h2-13,19-20,23H,1H3;(H2,2,3,4)/t13-,19-,20+;/m1./s1. The third-order valence-corrected chi connectivity index (χ3v) is 9.45. The molecule has 0 radical (unpaired) electrons. The lowest BCUT2D eigenvalue weighted by molar-refractivity contribution is 0.137. The van der Waals surface area contributed by atoms with Crippen LogP contribution in [0.15, 0.2) is 70.9 Å². The minimum atomic E-state index is -3.54. The van der Waals surface area contributed by atoms with Crippen LogP contribution in [0.2, 0.25) is 0 Å². The van der Waals surface area contributed by atoms with E-state index in [4.69, 9.17) is 15.0 Å². The fourth-order valence-corrected chi connectivity index (χ4v) is 7.32. The summed E-state index contributed by atoms with van der Waals surface area (Å²) in [5.74, 6) is 0.528. The molecule has 1 saturated carbocycles. The van der Waals surface area contributed by atoms with Gasteiger partial charge in [0.05, 0.1) is 15.1 Å². The number of para-hydroxylation sites is 1. The molecule has 1 aliphatic rings. The second-order valence-corrected chi connectivity index (χ2v) is 11.4. The van der Waals surface area contributed by atoms with Crippen LogP contribution in [0.25, 0.3) is 20.1 Å². The number of nitrogens with one attached hydrogen (secondary N) is 1. The van der Waals surface area contributed by atoms with Gasteiger partial charge >= 0.3 is 6.16 Å². The molecule has 4 aromatic rings. The van der Waals surface area contributed by atoms with Gasteiger partial charge in [-0.25, -0.2) is 22.9 Å². The molecule has 7 nitrogen and oxygen atoms in total. The maximum Gasteiger partial charge on any atom is 0.503 e. The summed E-state index contributed by atoms with van der Waals surface area (Å²) in [5.41, 5.74) is 2.12. The van der Waals surface area contributed by atoms with Crippen molar-refractivity contribution in [3.63, 3.8) is 0 Å². The van der Waals surface area contributed by atoms with Crippen molar-refractivity contribution in [2.45, 2.75) is 23.1 Å². The summed E-state index contributed by atoms with van der Waals surface area (Å²) in [6.07, 6.45) is -1.83. The molecule has 1 fully saturated rings. The average molecular weight is 489 g/mol. The van der Waals surface area contributed by atoms with Crippen molar-refractivity contribution >= 4 is 49.1 Å². The maximum absolute atomic E-state index is 12.9. The zero-order valence-corrected chi connectivity index (χ0v) is 19.3. The molecule has 0 saturated heterocycles. The number of carbonyl (C=O) groups is 1. The van der Waals surface area contributed by atoms with E-state index in [9.17, 15) is 8.42 Å². The summed E-state index contributed by atoms with van der Waals surface area (Å²) >= 11 is 2.86. The number of sulfonamides is 1. The van der Waals surface area contributed by atoms with Crippen LogP contribution in [0.4, 0.5) is 4.79 Å². The number of benzene rings is 2. The Morgan fingerprint density at radius 2 is 1.62 bits per heavy atom. The predicted octanol–water partition coefficient (Wildman–Crippen LogP) is 5.33. The van der Waals surface area contributed by atoms with E-state index in [1.165, 1.54) is 16.9 Å². The Balaban J connectivity index is 0.000000567. The predicted molar refractivity (Wildman–Crippen MR) is 126 cm³/mol. The molecule has 3 N–H and O–H groups in total. The Labute approximate surface area is 193 Å². The fraction of sp³-hybridized carbons (Fsp3) is 0.182. The average Bonchev–Trinajstić information content (AvgIpc) is 3.15. The summed E-state index contributed by atoms with van der Waals surface area (Å²) in [7, 11) is -3.54. The first-order valence-corrected chi connectivity index (χ1v) is 12.8. The summed E-state index contributed by atoms with van der Waals surface area (Å²) in [4.78, 5) is 14.1. The molecule has 5 rings (SSSR count). The Morgan fingerprint density at radius 1 is 0.969 bits per heavy atom. The van der Waals surface area contributed by atoms with E-state index in [0.717, 1.165) is 20.1 Å². The van der Waals surface area contributed by atoms with Crippen LogP contribution in [0.3, 0.4) is 0 Å². The summed E-state index contributed by atoms with van der Waals surface area (Å²) in [6.45, 7) is 2.09. The SMILES string of the molecule is C[C@H]1[C@H](NS(=O)(=O)c2ccc(-c3nc4ccccc4s3)s2)[C@H]1c1ccccc1.O=C(O)O. The largest absolute Gasteiger partial charge is 0.503 e.